The summed E-state index contributed by atoms with van der Waals surface area (Å²) < 4.78 is 18.5. The third-order valence-corrected chi connectivity index (χ3v) is 3.97. The zero-order valence-corrected chi connectivity index (χ0v) is 12.1. The van der Waals surface area contributed by atoms with Crippen LogP contribution < -0.4 is 10.6 Å². The van der Waals surface area contributed by atoms with Gasteiger partial charge in [0.25, 0.3) is 5.91 Å². The number of amides is 1. The predicted molar refractivity (Wildman–Crippen MR) is 79.9 cm³/mol. The fourth-order valence-electron chi connectivity index (χ4n) is 1.97. The third-order valence-electron chi connectivity index (χ3n) is 3.21. The molecule has 0 aliphatic heterocycles. The van der Waals surface area contributed by atoms with Crippen LogP contribution in [0, 0.1) is 5.82 Å². The van der Waals surface area contributed by atoms with Crippen molar-refractivity contribution in [3.63, 3.8) is 0 Å². The molecule has 0 atom stereocenters. The molecule has 112 valence electrons. The molecule has 4 rings (SSSR count). The van der Waals surface area contributed by atoms with E-state index in [4.69, 9.17) is 4.42 Å². The molecule has 0 spiro atoms. The number of oxazole rings is 1. The lowest BCUT2D eigenvalue weighted by atomic mass is 10.3. The molecule has 8 heteroatoms. The number of thiazole rings is 1. The molecular formula is C14H11FN4O2S. The minimum atomic E-state index is -0.386. The van der Waals surface area contributed by atoms with Crippen molar-refractivity contribution in [1.82, 2.24) is 15.3 Å². The maximum Gasteiger partial charge on any atom is 0.302 e. The number of nitrogens with zero attached hydrogens (tertiary/aromatic N) is 2. The van der Waals surface area contributed by atoms with Crippen molar-refractivity contribution in [2.45, 2.75) is 18.9 Å². The zero-order valence-electron chi connectivity index (χ0n) is 11.3. The summed E-state index contributed by atoms with van der Waals surface area (Å²) >= 11 is 1.28. The number of halogens is 1. The Bertz CT molecular complexity index is 856. The van der Waals surface area contributed by atoms with E-state index in [2.05, 4.69) is 20.6 Å². The lowest BCUT2D eigenvalue weighted by Gasteiger charge is -1.98. The number of hydrogen-bond donors (Lipinski definition) is 2. The van der Waals surface area contributed by atoms with Gasteiger partial charge in [0.2, 0.25) is 0 Å². The maximum absolute atomic E-state index is 13.1. The summed E-state index contributed by atoms with van der Waals surface area (Å²) in [6, 6.07) is 4.62. The largest absolute Gasteiger partial charge is 0.423 e. The van der Waals surface area contributed by atoms with Gasteiger partial charge >= 0.3 is 6.01 Å². The second kappa shape index (κ2) is 5.06. The molecule has 22 heavy (non-hydrogen) atoms. The number of fused-ring (bicyclic) bond motifs is 1. The third kappa shape index (κ3) is 2.64. The molecule has 0 bridgehead atoms. The molecule has 0 unspecified atom stereocenters. The van der Waals surface area contributed by atoms with E-state index in [1.807, 2.05) is 0 Å². The highest BCUT2D eigenvalue weighted by atomic mass is 32.1. The number of rotatable bonds is 4. The maximum atomic E-state index is 13.1. The van der Waals surface area contributed by atoms with Gasteiger partial charge in [0.15, 0.2) is 10.7 Å². The summed E-state index contributed by atoms with van der Waals surface area (Å²) in [5.74, 6) is -0.560. The van der Waals surface area contributed by atoms with E-state index in [1.54, 1.807) is 5.38 Å². The van der Waals surface area contributed by atoms with Gasteiger partial charge in [-0.25, -0.2) is 9.37 Å². The van der Waals surface area contributed by atoms with Crippen LogP contribution in [-0.2, 0) is 0 Å². The standard InChI is InChI=1S/C14H11FN4O2S/c15-7-1-4-9-11(5-7)21-13(17-9)19-14-18-10(6-22-14)12(20)16-8-2-3-8/h1,4-6,8H,2-3H2,(H,16,20)(H,17,18,19). The van der Waals surface area contributed by atoms with Gasteiger partial charge in [-0.15, -0.1) is 11.3 Å². The molecule has 1 saturated carbocycles. The SMILES string of the molecule is O=C(NC1CC1)c1csc(Nc2nc3ccc(F)cc3o2)n1. The fraction of sp³-hybridized carbons (Fsp3) is 0.214. The summed E-state index contributed by atoms with van der Waals surface area (Å²) in [6.45, 7) is 0. The van der Waals surface area contributed by atoms with E-state index < -0.39 is 0 Å². The molecule has 2 aromatic heterocycles. The predicted octanol–water partition coefficient (Wildman–Crippen LogP) is 3.06. The Labute approximate surface area is 128 Å². The number of carbonyl (C=O) groups excluding carboxylic acids is 1. The minimum absolute atomic E-state index is 0.175. The highest BCUT2D eigenvalue weighted by Crippen LogP contribution is 2.25. The Hall–Kier alpha value is -2.48. The van der Waals surface area contributed by atoms with Crippen molar-refractivity contribution in [3.05, 3.63) is 35.1 Å². The van der Waals surface area contributed by atoms with E-state index in [0.29, 0.717) is 21.9 Å². The fourth-order valence-corrected chi connectivity index (χ4v) is 2.65. The van der Waals surface area contributed by atoms with E-state index in [9.17, 15) is 9.18 Å². The average molecular weight is 318 g/mol. The van der Waals surface area contributed by atoms with Crippen LogP contribution >= 0.6 is 11.3 Å². The monoisotopic (exact) mass is 318 g/mol. The lowest BCUT2D eigenvalue weighted by Crippen LogP contribution is -2.25. The summed E-state index contributed by atoms with van der Waals surface area (Å²) in [5.41, 5.74) is 1.26. The molecule has 0 radical (unpaired) electrons. The van der Waals surface area contributed by atoms with Crippen LogP contribution in [0.2, 0.25) is 0 Å². The molecule has 1 aliphatic carbocycles. The van der Waals surface area contributed by atoms with Crippen LogP contribution in [0.15, 0.2) is 28.0 Å². The Balaban J connectivity index is 1.52. The highest BCUT2D eigenvalue weighted by molar-refractivity contribution is 7.14. The first kappa shape index (κ1) is 13.2. The Kier molecular flexibility index (Phi) is 3.04. The lowest BCUT2D eigenvalue weighted by molar-refractivity contribution is 0.0947. The van der Waals surface area contributed by atoms with Gasteiger partial charge in [-0.2, -0.15) is 4.98 Å². The topological polar surface area (TPSA) is 80.0 Å². The summed E-state index contributed by atoms with van der Waals surface area (Å²) in [6.07, 6.45) is 2.06. The summed E-state index contributed by atoms with van der Waals surface area (Å²) in [7, 11) is 0. The first-order chi connectivity index (χ1) is 10.7. The quantitative estimate of drug-likeness (QED) is 0.773. The van der Waals surface area contributed by atoms with Gasteiger partial charge in [-0.1, -0.05) is 0 Å². The van der Waals surface area contributed by atoms with Crippen molar-refractivity contribution in [2.24, 2.45) is 0 Å². The molecule has 0 saturated heterocycles. The van der Waals surface area contributed by atoms with E-state index in [0.717, 1.165) is 12.8 Å². The molecule has 1 amide bonds. The van der Waals surface area contributed by atoms with Crippen LogP contribution in [0.1, 0.15) is 23.3 Å². The van der Waals surface area contributed by atoms with Gasteiger partial charge in [-0.3, -0.25) is 10.1 Å². The summed E-state index contributed by atoms with van der Waals surface area (Å²) in [5, 5.41) is 7.92. The minimum Gasteiger partial charge on any atom is -0.423 e. The molecule has 2 heterocycles. The normalized spacial score (nSPS) is 14.2. The van der Waals surface area contributed by atoms with Crippen LogP contribution in [-0.4, -0.2) is 21.9 Å². The number of nitrogens with one attached hydrogen (secondary N) is 2. The van der Waals surface area contributed by atoms with Crippen molar-refractivity contribution in [2.75, 3.05) is 5.32 Å². The molecule has 1 fully saturated rings. The van der Waals surface area contributed by atoms with E-state index >= 15 is 0 Å². The van der Waals surface area contributed by atoms with Crippen LogP contribution in [0.3, 0.4) is 0 Å². The molecule has 6 nitrogen and oxygen atoms in total. The average Bonchev–Trinajstić information content (AvgIpc) is 3.03. The number of anilines is 2. The van der Waals surface area contributed by atoms with E-state index in [-0.39, 0.29) is 23.8 Å². The Morgan fingerprint density at radius 3 is 3.05 bits per heavy atom. The van der Waals surface area contributed by atoms with Crippen molar-refractivity contribution in [1.29, 1.82) is 0 Å². The summed E-state index contributed by atoms with van der Waals surface area (Å²) in [4.78, 5) is 20.2. The Morgan fingerprint density at radius 1 is 1.36 bits per heavy atom. The van der Waals surface area contributed by atoms with Crippen molar-refractivity contribution in [3.8, 4) is 0 Å². The number of benzene rings is 1. The van der Waals surface area contributed by atoms with Crippen LogP contribution in [0.4, 0.5) is 15.5 Å². The van der Waals surface area contributed by atoms with Gasteiger partial charge < -0.3 is 9.73 Å². The molecule has 3 aromatic rings. The molecule has 1 aliphatic rings. The second-order valence-corrected chi connectivity index (χ2v) is 5.90. The molecule has 2 N–H and O–H groups in total. The number of hydrogen-bond acceptors (Lipinski definition) is 6. The zero-order chi connectivity index (χ0) is 15.1. The van der Waals surface area contributed by atoms with Gasteiger partial charge in [0.1, 0.15) is 17.0 Å². The second-order valence-electron chi connectivity index (χ2n) is 5.04. The van der Waals surface area contributed by atoms with Gasteiger partial charge in [0.05, 0.1) is 0 Å². The Morgan fingerprint density at radius 2 is 2.23 bits per heavy atom. The van der Waals surface area contributed by atoms with E-state index in [1.165, 1.54) is 29.5 Å². The number of aromatic nitrogens is 2. The first-order valence-electron chi connectivity index (χ1n) is 6.77. The van der Waals surface area contributed by atoms with Crippen LogP contribution in [0.25, 0.3) is 11.1 Å². The highest BCUT2D eigenvalue weighted by Gasteiger charge is 2.24. The molecule has 1 aromatic carbocycles. The van der Waals surface area contributed by atoms with Crippen molar-refractivity contribution >= 4 is 39.5 Å². The molecular weight excluding hydrogens is 307 g/mol. The van der Waals surface area contributed by atoms with Gasteiger partial charge in [0, 0.05) is 17.5 Å². The smallest absolute Gasteiger partial charge is 0.302 e. The van der Waals surface area contributed by atoms with Crippen LogP contribution in [0.5, 0.6) is 0 Å². The van der Waals surface area contributed by atoms with Gasteiger partial charge in [-0.05, 0) is 25.0 Å². The van der Waals surface area contributed by atoms with Crippen molar-refractivity contribution < 1.29 is 13.6 Å². The first-order valence-corrected chi connectivity index (χ1v) is 7.65. The number of carbonyl (C=O) groups is 1.